The molecule has 0 aromatic heterocycles. The fourth-order valence-corrected chi connectivity index (χ4v) is 3.48. The van der Waals surface area contributed by atoms with Gasteiger partial charge in [0.25, 0.3) is 0 Å². The maximum absolute atomic E-state index is 12.3. The number of nitrogens with one attached hydrogen (secondary N) is 1. The van der Waals surface area contributed by atoms with Crippen LogP contribution in [-0.2, 0) is 30.5 Å². The zero-order chi connectivity index (χ0) is 18.7. The lowest BCUT2D eigenvalue weighted by Crippen LogP contribution is -2.52. The van der Waals surface area contributed by atoms with Crippen LogP contribution >= 0.6 is 0 Å². The second-order valence-corrected chi connectivity index (χ2v) is 6.35. The Balaban J connectivity index is 1.75. The van der Waals surface area contributed by atoms with Gasteiger partial charge in [-0.15, -0.1) is 0 Å². The largest absolute Gasteiger partial charge is 0.469 e. The summed E-state index contributed by atoms with van der Waals surface area (Å²) in [7, 11) is 1.24. The standard InChI is InChI=1S/C19H19NO6/c1-25-18(23)15-12-7-8-13(17(22)14(21)9-12)16(15)20-19(24)26-10-11-5-3-2-4-6-11/h2-8,12-13,15-16H,9-10H2,1H3,(H,20,24). The highest BCUT2D eigenvalue weighted by Gasteiger charge is 2.50. The lowest BCUT2D eigenvalue weighted by molar-refractivity contribution is -0.148. The number of carbonyl (C=O) groups excluding carboxylic acids is 4. The van der Waals surface area contributed by atoms with Crippen LogP contribution in [0.5, 0.6) is 0 Å². The molecule has 1 saturated carbocycles. The summed E-state index contributed by atoms with van der Waals surface area (Å²) in [5.74, 6) is -3.91. The van der Waals surface area contributed by atoms with Gasteiger partial charge in [-0.3, -0.25) is 14.4 Å². The highest BCUT2D eigenvalue weighted by molar-refractivity contribution is 6.39. The summed E-state index contributed by atoms with van der Waals surface area (Å²) in [4.78, 5) is 48.7. The molecule has 0 spiro atoms. The van der Waals surface area contributed by atoms with E-state index in [1.54, 1.807) is 12.2 Å². The zero-order valence-corrected chi connectivity index (χ0v) is 14.2. The summed E-state index contributed by atoms with van der Waals surface area (Å²) in [5.41, 5.74) is 0.806. The van der Waals surface area contributed by atoms with Gasteiger partial charge in [0.1, 0.15) is 6.61 Å². The number of fused-ring (bicyclic) bond motifs is 3. The normalized spacial score (nSPS) is 27.0. The molecule has 1 fully saturated rings. The Kier molecular flexibility index (Phi) is 5.16. The van der Waals surface area contributed by atoms with Gasteiger partial charge in [-0.2, -0.15) is 0 Å². The van der Waals surface area contributed by atoms with Crippen molar-refractivity contribution in [3.63, 3.8) is 0 Å². The van der Waals surface area contributed by atoms with Crippen LogP contribution in [0.25, 0.3) is 0 Å². The van der Waals surface area contributed by atoms with Crippen molar-refractivity contribution < 1.29 is 28.7 Å². The maximum atomic E-state index is 12.3. The van der Waals surface area contributed by atoms with E-state index in [9.17, 15) is 19.2 Å². The van der Waals surface area contributed by atoms with E-state index in [1.807, 2.05) is 30.3 Å². The third-order valence-electron chi connectivity index (χ3n) is 4.77. The van der Waals surface area contributed by atoms with Gasteiger partial charge in [-0.05, 0) is 11.5 Å². The Morgan fingerprint density at radius 3 is 2.58 bits per heavy atom. The fourth-order valence-electron chi connectivity index (χ4n) is 3.48. The van der Waals surface area contributed by atoms with Crippen molar-refractivity contribution >= 4 is 23.6 Å². The maximum Gasteiger partial charge on any atom is 0.407 e. The van der Waals surface area contributed by atoms with Crippen molar-refractivity contribution in [1.29, 1.82) is 0 Å². The molecule has 0 aliphatic heterocycles. The number of methoxy groups -OCH3 is 1. The number of esters is 1. The second-order valence-electron chi connectivity index (χ2n) is 6.35. The number of rotatable bonds is 4. The summed E-state index contributed by atoms with van der Waals surface area (Å²) >= 11 is 0. The smallest absolute Gasteiger partial charge is 0.407 e. The number of hydrogen-bond donors (Lipinski definition) is 1. The molecule has 1 aromatic carbocycles. The van der Waals surface area contributed by atoms with Crippen molar-refractivity contribution in [2.45, 2.75) is 19.1 Å². The summed E-state index contributed by atoms with van der Waals surface area (Å²) in [5, 5.41) is 2.59. The van der Waals surface area contributed by atoms with Crippen LogP contribution in [0.15, 0.2) is 42.5 Å². The molecular weight excluding hydrogens is 338 g/mol. The van der Waals surface area contributed by atoms with Crippen LogP contribution in [0.3, 0.4) is 0 Å². The average Bonchev–Trinajstić information content (AvgIpc) is 2.85. The molecule has 0 radical (unpaired) electrons. The molecule has 4 atom stereocenters. The first-order chi connectivity index (χ1) is 12.5. The zero-order valence-electron chi connectivity index (χ0n) is 14.2. The first-order valence-electron chi connectivity index (χ1n) is 8.31. The molecule has 136 valence electrons. The Hall–Kier alpha value is -2.96. The Morgan fingerprint density at radius 2 is 1.88 bits per heavy atom. The molecule has 3 aliphatic rings. The van der Waals surface area contributed by atoms with Gasteiger partial charge in [0.05, 0.1) is 25.0 Å². The molecule has 7 heteroatoms. The van der Waals surface area contributed by atoms with E-state index >= 15 is 0 Å². The van der Waals surface area contributed by atoms with E-state index in [1.165, 1.54) is 7.11 Å². The molecule has 4 unspecified atom stereocenters. The van der Waals surface area contributed by atoms with Crippen LogP contribution in [0, 0.1) is 17.8 Å². The van der Waals surface area contributed by atoms with Crippen molar-refractivity contribution in [2.75, 3.05) is 7.11 Å². The van der Waals surface area contributed by atoms with E-state index in [4.69, 9.17) is 9.47 Å². The lowest BCUT2D eigenvalue weighted by Gasteiger charge is -2.34. The molecule has 1 amide bonds. The third kappa shape index (κ3) is 3.51. The number of benzene rings is 1. The Bertz CT molecular complexity index is 757. The Labute approximate surface area is 150 Å². The quantitative estimate of drug-likeness (QED) is 0.497. The van der Waals surface area contributed by atoms with Crippen molar-refractivity contribution in [3.8, 4) is 0 Å². The molecule has 7 nitrogen and oxygen atoms in total. The van der Waals surface area contributed by atoms with Gasteiger partial charge >= 0.3 is 12.1 Å². The van der Waals surface area contributed by atoms with E-state index in [0.717, 1.165) is 5.56 Å². The SMILES string of the molecule is COC(=O)C1C2C=CC(C(=O)C(=O)C2)C1NC(=O)OCc1ccccc1. The van der Waals surface area contributed by atoms with E-state index in [2.05, 4.69) is 5.32 Å². The monoisotopic (exact) mass is 357 g/mol. The van der Waals surface area contributed by atoms with Crippen molar-refractivity contribution in [2.24, 2.45) is 17.8 Å². The molecule has 1 N–H and O–H groups in total. The van der Waals surface area contributed by atoms with Crippen LogP contribution < -0.4 is 5.32 Å². The van der Waals surface area contributed by atoms with Crippen LogP contribution in [0.2, 0.25) is 0 Å². The molecule has 0 heterocycles. The van der Waals surface area contributed by atoms with Gasteiger partial charge in [0, 0.05) is 6.42 Å². The summed E-state index contributed by atoms with van der Waals surface area (Å²) in [6.07, 6.45) is 2.44. The highest BCUT2D eigenvalue weighted by Crippen LogP contribution is 2.36. The van der Waals surface area contributed by atoms with Crippen LogP contribution in [-0.4, -0.2) is 36.8 Å². The second kappa shape index (κ2) is 7.51. The van der Waals surface area contributed by atoms with E-state index in [0.29, 0.717) is 0 Å². The molecule has 3 aliphatic carbocycles. The number of alkyl carbamates (subject to hydrolysis) is 1. The van der Waals surface area contributed by atoms with E-state index in [-0.39, 0.29) is 13.0 Å². The predicted molar refractivity (Wildman–Crippen MR) is 89.8 cm³/mol. The fraction of sp³-hybridized carbons (Fsp3) is 0.368. The molecule has 4 rings (SSSR count). The van der Waals surface area contributed by atoms with Gasteiger partial charge in [0.15, 0.2) is 5.78 Å². The Morgan fingerprint density at radius 1 is 1.15 bits per heavy atom. The van der Waals surface area contributed by atoms with E-state index < -0.39 is 47.4 Å². The lowest BCUT2D eigenvalue weighted by atomic mass is 9.76. The highest BCUT2D eigenvalue weighted by atomic mass is 16.5. The molecule has 0 saturated heterocycles. The molecular formula is C19H19NO6. The van der Waals surface area contributed by atoms with Crippen molar-refractivity contribution in [3.05, 3.63) is 48.0 Å². The topological polar surface area (TPSA) is 98.8 Å². The van der Waals surface area contributed by atoms with Crippen LogP contribution in [0.1, 0.15) is 12.0 Å². The minimum Gasteiger partial charge on any atom is -0.469 e. The van der Waals surface area contributed by atoms with Crippen LogP contribution in [0.4, 0.5) is 4.79 Å². The summed E-state index contributed by atoms with van der Waals surface area (Å²) < 4.78 is 10.0. The van der Waals surface area contributed by atoms with Gasteiger partial charge in [0.2, 0.25) is 5.78 Å². The van der Waals surface area contributed by atoms with Crippen molar-refractivity contribution in [1.82, 2.24) is 5.32 Å². The number of Topliss-reactive ketones (excluding diaryl/α,β-unsaturated/α-hetero) is 2. The minimum absolute atomic E-state index is 0.0547. The van der Waals surface area contributed by atoms with Gasteiger partial charge < -0.3 is 14.8 Å². The van der Waals surface area contributed by atoms with Gasteiger partial charge in [-0.25, -0.2) is 4.79 Å². The summed E-state index contributed by atoms with van der Waals surface area (Å²) in [6.45, 7) is 0.0547. The first kappa shape index (κ1) is 17.8. The van der Waals surface area contributed by atoms with Gasteiger partial charge in [-0.1, -0.05) is 42.5 Å². The molecule has 26 heavy (non-hydrogen) atoms. The number of allylic oxidation sites excluding steroid dienone is 1. The number of hydrogen-bond acceptors (Lipinski definition) is 6. The third-order valence-corrected chi connectivity index (χ3v) is 4.77. The predicted octanol–water partition coefficient (Wildman–Crippen LogP) is 1.41. The first-order valence-corrected chi connectivity index (χ1v) is 8.31. The number of carbonyl (C=O) groups is 4. The molecule has 2 bridgehead atoms. The number of ketones is 2. The summed E-state index contributed by atoms with van der Waals surface area (Å²) in [6, 6.07) is 8.24. The number of amides is 1. The minimum atomic E-state index is -0.894. The number of ether oxygens (including phenoxy) is 2. The average molecular weight is 357 g/mol. The molecule has 1 aromatic rings.